The van der Waals surface area contributed by atoms with Crippen molar-refractivity contribution < 1.29 is 4.74 Å². The molecule has 3 heteroatoms. The third-order valence-electron chi connectivity index (χ3n) is 3.60. The number of aryl methyl sites for hydroxylation is 2. The van der Waals surface area contributed by atoms with Gasteiger partial charge in [0.15, 0.2) is 0 Å². The molecular formula is C16H28N2O. The molecule has 0 bridgehead atoms. The second-order valence-corrected chi connectivity index (χ2v) is 5.41. The Hall–Kier alpha value is -1.06. The molecular weight excluding hydrogens is 236 g/mol. The Kier molecular flexibility index (Phi) is 6.32. The van der Waals surface area contributed by atoms with Gasteiger partial charge in [-0.05, 0) is 71.1 Å². The summed E-state index contributed by atoms with van der Waals surface area (Å²) in [6, 6.07) is 4.99. The van der Waals surface area contributed by atoms with E-state index >= 15 is 0 Å². The van der Waals surface area contributed by atoms with Gasteiger partial charge in [-0.1, -0.05) is 12.1 Å². The predicted molar refractivity (Wildman–Crippen MR) is 82.1 cm³/mol. The standard InChI is InChI=1S/C16H28N2O/c1-12-10-14(11-13(2)16(12)19-6)15(18(4)5)8-7-9-17-3/h10-11,15,17H,7-9H2,1-6H3. The molecule has 1 rings (SSSR count). The molecule has 0 aliphatic heterocycles. The SMILES string of the molecule is CNCCCC(c1cc(C)c(OC)c(C)c1)N(C)C. The predicted octanol–water partition coefficient (Wildman–Crippen LogP) is 2.91. The lowest BCUT2D eigenvalue weighted by molar-refractivity contribution is 0.278. The molecule has 0 spiro atoms. The topological polar surface area (TPSA) is 24.5 Å². The summed E-state index contributed by atoms with van der Waals surface area (Å²) in [6.07, 6.45) is 2.35. The van der Waals surface area contributed by atoms with E-state index in [-0.39, 0.29) is 0 Å². The number of benzene rings is 1. The molecule has 0 radical (unpaired) electrons. The van der Waals surface area contributed by atoms with Gasteiger partial charge in [0.1, 0.15) is 5.75 Å². The van der Waals surface area contributed by atoms with Crippen molar-refractivity contribution in [3.8, 4) is 5.75 Å². The number of ether oxygens (including phenoxy) is 1. The van der Waals surface area contributed by atoms with Crippen LogP contribution in [0.4, 0.5) is 0 Å². The minimum absolute atomic E-state index is 0.469. The molecule has 0 amide bonds. The average molecular weight is 264 g/mol. The highest BCUT2D eigenvalue weighted by Gasteiger charge is 2.16. The fraction of sp³-hybridized carbons (Fsp3) is 0.625. The van der Waals surface area contributed by atoms with Gasteiger partial charge in [-0.2, -0.15) is 0 Å². The molecule has 0 aliphatic carbocycles. The van der Waals surface area contributed by atoms with Crippen LogP contribution < -0.4 is 10.1 Å². The summed E-state index contributed by atoms with van der Waals surface area (Å²) in [5.74, 6) is 1.01. The van der Waals surface area contributed by atoms with E-state index in [0.29, 0.717) is 6.04 Å². The summed E-state index contributed by atoms with van der Waals surface area (Å²) < 4.78 is 5.45. The number of rotatable bonds is 7. The maximum absolute atomic E-state index is 5.45. The Balaban J connectivity index is 2.96. The molecule has 108 valence electrons. The Morgan fingerprint density at radius 1 is 1.21 bits per heavy atom. The summed E-state index contributed by atoms with van der Waals surface area (Å²) in [7, 11) is 8.05. The first-order valence-electron chi connectivity index (χ1n) is 6.97. The van der Waals surface area contributed by atoms with Gasteiger partial charge in [0.2, 0.25) is 0 Å². The highest BCUT2D eigenvalue weighted by molar-refractivity contribution is 5.44. The quantitative estimate of drug-likeness (QED) is 0.766. The Bertz CT molecular complexity index is 379. The largest absolute Gasteiger partial charge is 0.496 e. The van der Waals surface area contributed by atoms with Crippen molar-refractivity contribution in [1.29, 1.82) is 0 Å². The second-order valence-electron chi connectivity index (χ2n) is 5.41. The maximum atomic E-state index is 5.45. The van der Waals surface area contributed by atoms with Crippen LogP contribution in [0.1, 0.15) is 35.6 Å². The van der Waals surface area contributed by atoms with Crippen LogP contribution in [0.3, 0.4) is 0 Å². The van der Waals surface area contributed by atoms with Crippen molar-refractivity contribution in [2.24, 2.45) is 0 Å². The third kappa shape index (κ3) is 4.22. The van der Waals surface area contributed by atoms with Gasteiger partial charge in [-0.3, -0.25) is 0 Å². The Morgan fingerprint density at radius 3 is 2.21 bits per heavy atom. The van der Waals surface area contributed by atoms with Gasteiger partial charge < -0.3 is 15.0 Å². The molecule has 0 fully saturated rings. The summed E-state index contributed by atoms with van der Waals surface area (Å²) >= 11 is 0. The van der Waals surface area contributed by atoms with E-state index in [1.807, 2.05) is 7.05 Å². The zero-order valence-corrected chi connectivity index (χ0v) is 13.2. The summed E-state index contributed by atoms with van der Waals surface area (Å²) in [6.45, 7) is 5.31. The molecule has 0 heterocycles. The number of hydrogen-bond donors (Lipinski definition) is 1. The van der Waals surface area contributed by atoms with Gasteiger partial charge in [-0.15, -0.1) is 0 Å². The van der Waals surface area contributed by atoms with Crippen LogP contribution in [0.2, 0.25) is 0 Å². The molecule has 3 nitrogen and oxygen atoms in total. The van der Waals surface area contributed by atoms with Crippen molar-refractivity contribution in [2.45, 2.75) is 32.7 Å². The summed E-state index contributed by atoms with van der Waals surface area (Å²) in [5.41, 5.74) is 3.83. The number of nitrogens with one attached hydrogen (secondary N) is 1. The average Bonchev–Trinajstić information content (AvgIpc) is 2.33. The monoisotopic (exact) mass is 264 g/mol. The van der Waals surface area contributed by atoms with E-state index in [0.717, 1.165) is 12.3 Å². The van der Waals surface area contributed by atoms with Crippen LogP contribution in [-0.2, 0) is 0 Å². The molecule has 1 unspecified atom stereocenters. The molecule has 1 atom stereocenters. The molecule has 1 aromatic rings. The van der Waals surface area contributed by atoms with E-state index in [1.165, 1.54) is 29.5 Å². The normalized spacial score (nSPS) is 12.8. The van der Waals surface area contributed by atoms with Gasteiger partial charge in [0.05, 0.1) is 7.11 Å². The lowest BCUT2D eigenvalue weighted by Crippen LogP contribution is -2.21. The van der Waals surface area contributed by atoms with Crippen molar-refractivity contribution >= 4 is 0 Å². The smallest absolute Gasteiger partial charge is 0.124 e. The van der Waals surface area contributed by atoms with Crippen LogP contribution in [-0.4, -0.2) is 39.7 Å². The molecule has 19 heavy (non-hydrogen) atoms. The maximum Gasteiger partial charge on any atom is 0.124 e. The lowest BCUT2D eigenvalue weighted by atomic mass is 9.96. The van der Waals surface area contributed by atoms with Gasteiger partial charge in [0.25, 0.3) is 0 Å². The van der Waals surface area contributed by atoms with E-state index in [4.69, 9.17) is 4.74 Å². The molecule has 0 aromatic heterocycles. The van der Waals surface area contributed by atoms with E-state index < -0.39 is 0 Å². The van der Waals surface area contributed by atoms with Crippen LogP contribution in [0.25, 0.3) is 0 Å². The lowest BCUT2D eigenvalue weighted by Gasteiger charge is -2.26. The second kappa shape index (κ2) is 7.51. The van der Waals surface area contributed by atoms with E-state index in [2.05, 4.69) is 50.3 Å². The highest BCUT2D eigenvalue weighted by Crippen LogP contribution is 2.30. The van der Waals surface area contributed by atoms with Crippen LogP contribution >= 0.6 is 0 Å². The number of nitrogens with zero attached hydrogens (tertiary/aromatic N) is 1. The minimum Gasteiger partial charge on any atom is -0.496 e. The fourth-order valence-corrected chi connectivity index (χ4v) is 2.69. The van der Waals surface area contributed by atoms with Gasteiger partial charge in [-0.25, -0.2) is 0 Å². The molecule has 0 aliphatic rings. The van der Waals surface area contributed by atoms with Crippen molar-refractivity contribution in [3.63, 3.8) is 0 Å². The first-order chi connectivity index (χ1) is 9.01. The molecule has 1 N–H and O–H groups in total. The van der Waals surface area contributed by atoms with E-state index in [9.17, 15) is 0 Å². The van der Waals surface area contributed by atoms with Gasteiger partial charge >= 0.3 is 0 Å². The highest BCUT2D eigenvalue weighted by atomic mass is 16.5. The zero-order chi connectivity index (χ0) is 14.4. The Labute approximate surface area is 118 Å². The van der Waals surface area contributed by atoms with E-state index in [1.54, 1.807) is 7.11 Å². The molecule has 0 saturated carbocycles. The number of methoxy groups -OCH3 is 1. The van der Waals surface area contributed by atoms with Crippen molar-refractivity contribution in [3.05, 3.63) is 28.8 Å². The zero-order valence-electron chi connectivity index (χ0n) is 13.2. The fourth-order valence-electron chi connectivity index (χ4n) is 2.69. The third-order valence-corrected chi connectivity index (χ3v) is 3.60. The number of hydrogen-bond acceptors (Lipinski definition) is 3. The van der Waals surface area contributed by atoms with Crippen LogP contribution in [0.5, 0.6) is 5.75 Å². The van der Waals surface area contributed by atoms with Crippen molar-refractivity contribution in [1.82, 2.24) is 10.2 Å². The minimum atomic E-state index is 0.469. The first-order valence-corrected chi connectivity index (χ1v) is 6.97. The summed E-state index contributed by atoms with van der Waals surface area (Å²) in [4.78, 5) is 2.30. The Morgan fingerprint density at radius 2 is 1.79 bits per heavy atom. The first kappa shape index (κ1) is 16.0. The van der Waals surface area contributed by atoms with Crippen LogP contribution in [0, 0.1) is 13.8 Å². The molecule has 1 aromatic carbocycles. The van der Waals surface area contributed by atoms with Crippen LogP contribution in [0.15, 0.2) is 12.1 Å². The summed E-state index contributed by atoms with van der Waals surface area (Å²) in [5, 5.41) is 3.22. The van der Waals surface area contributed by atoms with Gasteiger partial charge in [0, 0.05) is 6.04 Å². The van der Waals surface area contributed by atoms with Crippen molar-refractivity contribution in [2.75, 3.05) is 34.8 Å². The molecule has 0 saturated heterocycles.